The summed E-state index contributed by atoms with van der Waals surface area (Å²) in [5.74, 6) is -0.0211. The zero-order valence-electron chi connectivity index (χ0n) is 11.1. The SMILES string of the molecule is COc1c(O)cc(/C=N/NC(=O)c2ccncc2)cc1Br. The number of phenolic OH excluding ortho intramolecular Hbond substituents is 1. The van der Waals surface area contributed by atoms with Gasteiger partial charge in [-0.3, -0.25) is 9.78 Å². The van der Waals surface area contributed by atoms with Crippen molar-refractivity contribution in [2.75, 3.05) is 7.11 Å². The molecule has 0 aliphatic rings. The molecule has 6 nitrogen and oxygen atoms in total. The number of halogens is 1. The van der Waals surface area contributed by atoms with Crippen LogP contribution in [0.5, 0.6) is 11.5 Å². The van der Waals surface area contributed by atoms with Gasteiger partial charge in [0.2, 0.25) is 0 Å². The van der Waals surface area contributed by atoms with Crippen LogP contribution in [0.1, 0.15) is 15.9 Å². The van der Waals surface area contributed by atoms with E-state index >= 15 is 0 Å². The predicted molar refractivity (Wildman–Crippen MR) is 81.7 cm³/mol. The number of ether oxygens (including phenoxy) is 1. The number of methoxy groups -OCH3 is 1. The van der Waals surface area contributed by atoms with Crippen molar-refractivity contribution in [3.05, 3.63) is 52.3 Å². The molecule has 2 aromatic rings. The zero-order chi connectivity index (χ0) is 15.2. The third-order valence-electron chi connectivity index (χ3n) is 2.57. The van der Waals surface area contributed by atoms with Crippen molar-refractivity contribution in [1.29, 1.82) is 0 Å². The number of amides is 1. The minimum absolute atomic E-state index is 0.0196. The molecule has 0 radical (unpaired) electrons. The summed E-state index contributed by atoms with van der Waals surface area (Å²) in [4.78, 5) is 15.6. The number of hydrogen-bond donors (Lipinski definition) is 2. The van der Waals surface area contributed by atoms with Crippen molar-refractivity contribution in [3.63, 3.8) is 0 Å². The van der Waals surface area contributed by atoms with Crippen LogP contribution in [0.25, 0.3) is 0 Å². The third kappa shape index (κ3) is 3.79. The molecule has 7 heteroatoms. The second-order valence-electron chi connectivity index (χ2n) is 3.99. The molecule has 0 atom stereocenters. The zero-order valence-corrected chi connectivity index (χ0v) is 12.7. The molecule has 1 aromatic carbocycles. The van der Waals surface area contributed by atoms with E-state index in [0.29, 0.717) is 21.3 Å². The van der Waals surface area contributed by atoms with Gasteiger partial charge in [-0.15, -0.1) is 0 Å². The molecule has 2 rings (SSSR count). The normalized spacial score (nSPS) is 10.6. The lowest BCUT2D eigenvalue weighted by Gasteiger charge is -2.06. The van der Waals surface area contributed by atoms with Crippen LogP contribution in [0, 0.1) is 0 Å². The summed E-state index contributed by atoms with van der Waals surface area (Å²) in [5.41, 5.74) is 3.46. The molecule has 1 heterocycles. The van der Waals surface area contributed by atoms with Crippen molar-refractivity contribution in [2.45, 2.75) is 0 Å². The maximum atomic E-state index is 11.7. The number of benzene rings is 1. The van der Waals surface area contributed by atoms with Gasteiger partial charge in [0.25, 0.3) is 5.91 Å². The molecule has 0 saturated carbocycles. The fraction of sp³-hybridized carbons (Fsp3) is 0.0714. The van der Waals surface area contributed by atoms with Crippen molar-refractivity contribution < 1.29 is 14.6 Å². The number of pyridine rings is 1. The van der Waals surface area contributed by atoms with Crippen LogP contribution < -0.4 is 10.2 Å². The van der Waals surface area contributed by atoms with Crippen LogP contribution in [0.15, 0.2) is 46.2 Å². The quantitative estimate of drug-likeness (QED) is 0.655. The average molecular weight is 350 g/mol. The molecule has 0 fully saturated rings. The van der Waals surface area contributed by atoms with E-state index in [1.165, 1.54) is 31.8 Å². The predicted octanol–water partition coefficient (Wildman–Crippen LogP) is 2.32. The number of nitrogens with one attached hydrogen (secondary N) is 1. The average Bonchev–Trinajstić information content (AvgIpc) is 2.48. The van der Waals surface area contributed by atoms with Crippen LogP contribution in [0.4, 0.5) is 0 Å². The summed E-state index contributed by atoms with van der Waals surface area (Å²) in [6, 6.07) is 6.35. The highest BCUT2D eigenvalue weighted by molar-refractivity contribution is 9.10. The standard InChI is InChI=1S/C14H12BrN3O3/c1-21-13-11(15)6-9(7-12(13)19)8-17-18-14(20)10-2-4-16-5-3-10/h2-8,19H,1H3,(H,18,20)/b17-8+. The fourth-order valence-electron chi connectivity index (χ4n) is 1.61. The van der Waals surface area contributed by atoms with Gasteiger partial charge >= 0.3 is 0 Å². The highest BCUT2D eigenvalue weighted by Crippen LogP contribution is 2.34. The third-order valence-corrected chi connectivity index (χ3v) is 3.16. The first-order valence-corrected chi connectivity index (χ1v) is 6.71. The van der Waals surface area contributed by atoms with Gasteiger partial charge < -0.3 is 9.84 Å². The summed E-state index contributed by atoms with van der Waals surface area (Å²) in [7, 11) is 1.46. The van der Waals surface area contributed by atoms with E-state index in [-0.39, 0.29) is 11.7 Å². The van der Waals surface area contributed by atoms with Gasteiger partial charge in [0.1, 0.15) is 0 Å². The Morgan fingerprint density at radius 3 is 2.76 bits per heavy atom. The smallest absolute Gasteiger partial charge is 0.271 e. The Kier molecular flexibility index (Phi) is 4.89. The van der Waals surface area contributed by atoms with E-state index in [4.69, 9.17) is 4.74 Å². The van der Waals surface area contributed by atoms with Crippen LogP contribution in [-0.2, 0) is 0 Å². The molecule has 1 amide bonds. The summed E-state index contributed by atoms with van der Waals surface area (Å²) in [6.45, 7) is 0. The molecule has 0 aliphatic carbocycles. The topological polar surface area (TPSA) is 83.8 Å². The second kappa shape index (κ2) is 6.85. The first-order valence-electron chi connectivity index (χ1n) is 5.91. The second-order valence-corrected chi connectivity index (χ2v) is 4.84. The minimum Gasteiger partial charge on any atom is -0.504 e. The maximum Gasteiger partial charge on any atom is 0.271 e. The summed E-state index contributed by atoms with van der Waals surface area (Å²) >= 11 is 3.27. The molecule has 1 aromatic heterocycles. The van der Waals surface area contributed by atoms with E-state index < -0.39 is 0 Å². The van der Waals surface area contributed by atoms with Gasteiger partial charge in [0, 0.05) is 18.0 Å². The molecular formula is C14H12BrN3O3. The Morgan fingerprint density at radius 1 is 1.43 bits per heavy atom. The Labute approximate surface area is 129 Å². The minimum atomic E-state index is -0.342. The Balaban J connectivity index is 2.07. The number of carbonyl (C=O) groups excluding carboxylic acids is 1. The van der Waals surface area contributed by atoms with Gasteiger partial charge in [-0.25, -0.2) is 5.43 Å². The molecule has 0 aliphatic heterocycles. The number of hydrogen-bond acceptors (Lipinski definition) is 5. The highest BCUT2D eigenvalue weighted by atomic mass is 79.9. The van der Waals surface area contributed by atoms with E-state index in [1.54, 1.807) is 18.2 Å². The summed E-state index contributed by atoms with van der Waals surface area (Å²) in [6.07, 6.45) is 4.47. The molecule has 0 bridgehead atoms. The van der Waals surface area contributed by atoms with Gasteiger partial charge in [-0.1, -0.05) is 0 Å². The number of phenols is 1. The van der Waals surface area contributed by atoms with Crippen LogP contribution in [0.3, 0.4) is 0 Å². The van der Waals surface area contributed by atoms with Gasteiger partial charge in [-0.2, -0.15) is 5.10 Å². The van der Waals surface area contributed by atoms with Gasteiger partial charge in [0.15, 0.2) is 11.5 Å². The number of carbonyl (C=O) groups is 1. The molecule has 0 saturated heterocycles. The van der Waals surface area contributed by atoms with Crippen molar-refractivity contribution in [3.8, 4) is 11.5 Å². The lowest BCUT2D eigenvalue weighted by Crippen LogP contribution is -2.17. The number of aromatic hydroxyl groups is 1. The largest absolute Gasteiger partial charge is 0.504 e. The van der Waals surface area contributed by atoms with Crippen molar-refractivity contribution >= 4 is 28.1 Å². The molecular weight excluding hydrogens is 338 g/mol. The van der Waals surface area contributed by atoms with E-state index in [9.17, 15) is 9.90 Å². The Bertz CT molecular complexity index is 651. The highest BCUT2D eigenvalue weighted by Gasteiger charge is 2.08. The lowest BCUT2D eigenvalue weighted by molar-refractivity contribution is 0.0955. The van der Waals surface area contributed by atoms with E-state index in [2.05, 4.69) is 31.4 Å². The monoisotopic (exact) mass is 349 g/mol. The number of aromatic nitrogens is 1. The lowest BCUT2D eigenvalue weighted by atomic mass is 10.2. The summed E-state index contributed by atoms with van der Waals surface area (Å²) in [5, 5.41) is 13.6. The number of nitrogens with zero attached hydrogens (tertiary/aromatic N) is 2. The van der Waals surface area contributed by atoms with Crippen molar-refractivity contribution in [2.24, 2.45) is 5.10 Å². The van der Waals surface area contributed by atoms with Gasteiger partial charge in [0.05, 0.1) is 17.8 Å². The van der Waals surface area contributed by atoms with Crippen LogP contribution in [-0.4, -0.2) is 29.3 Å². The van der Waals surface area contributed by atoms with Gasteiger partial charge in [-0.05, 0) is 45.8 Å². The Morgan fingerprint density at radius 2 is 2.14 bits per heavy atom. The fourth-order valence-corrected chi connectivity index (χ4v) is 2.24. The summed E-state index contributed by atoms with van der Waals surface area (Å²) < 4.78 is 5.60. The van der Waals surface area contributed by atoms with Crippen molar-refractivity contribution in [1.82, 2.24) is 10.4 Å². The Hall–Kier alpha value is -2.41. The molecule has 0 spiro atoms. The first-order chi connectivity index (χ1) is 10.1. The molecule has 108 valence electrons. The maximum absolute atomic E-state index is 11.7. The van der Waals surface area contributed by atoms with Crippen LogP contribution >= 0.6 is 15.9 Å². The molecule has 0 unspecified atom stereocenters. The number of hydrazone groups is 1. The van der Waals surface area contributed by atoms with Crippen LogP contribution in [0.2, 0.25) is 0 Å². The van der Waals surface area contributed by atoms with E-state index in [0.717, 1.165) is 0 Å². The molecule has 2 N–H and O–H groups in total. The van der Waals surface area contributed by atoms with E-state index in [1.807, 2.05) is 0 Å². The first kappa shape index (κ1) is 15.0. The molecule has 21 heavy (non-hydrogen) atoms. The number of rotatable bonds is 4.